The second-order valence-corrected chi connectivity index (χ2v) is 13.9. The Morgan fingerprint density at radius 1 is 0.691 bits per heavy atom. The Kier molecular flexibility index (Phi) is 9.19. The molecule has 0 unspecified atom stereocenters. The normalized spacial score (nSPS) is 14.7. The number of thiazole rings is 1. The van der Waals surface area contributed by atoms with Gasteiger partial charge in [0.05, 0.1) is 11.9 Å². The van der Waals surface area contributed by atoms with Crippen LogP contribution in [0.1, 0.15) is 60.7 Å². The largest absolute Gasteiger partial charge is 0.434 e. The van der Waals surface area contributed by atoms with Crippen molar-refractivity contribution >= 4 is 45.8 Å². The number of alkyl halides is 3. The van der Waals surface area contributed by atoms with E-state index >= 15 is 0 Å². The Bertz CT molecular complexity index is 2460. The van der Waals surface area contributed by atoms with Crippen LogP contribution in [0, 0.1) is 0 Å². The minimum atomic E-state index is -4.67. The first-order valence-electron chi connectivity index (χ1n) is 17.1. The van der Waals surface area contributed by atoms with Gasteiger partial charge >= 0.3 is 6.18 Å². The lowest BCUT2D eigenvalue weighted by Crippen LogP contribution is -2.37. The van der Waals surface area contributed by atoms with Crippen LogP contribution in [0.25, 0.3) is 11.1 Å². The van der Waals surface area contributed by atoms with Crippen molar-refractivity contribution in [3.8, 4) is 11.1 Å². The Hall–Kier alpha value is -6.67. The summed E-state index contributed by atoms with van der Waals surface area (Å²) in [6.07, 6.45) is -1.56. The van der Waals surface area contributed by atoms with Gasteiger partial charge in [0.2, 0.25) is 0 Å². The number of nitrogens with one attached hydrogen (secondary N) is 2. The summed E-state index contributed by atoms with van der Waals surface area (Å²) in [7, 11) is 0. The monoisotopic (exact) mass is 758 g/mol. The molecule has 0 fully saturated rings. The fourth-order valence-corrected chi connectivity index (χ4v) is 7.69. The molecule has 2 N–H and O–H groups in total. The van der Waals surface area contributed by atoms with Crippen molar-refractivity contribution in [2.75, 3.05) is 10.6 Å². The van der Waals surface area contributed by atoms with Crippen LogP contribution >= 0.6 is 11.3 Å². The average Bonchev–Trinajstić information content (AvgIpc) is 3.89. The molecule has 8 rings (SSSR count). The van der Waals surface area contributed by atoms with E-state index in [2.05, 4.69) is 20.6 Å². The van der Waals surface area contributed by atoms with Gasteiger partial charge in [0.25, 0.3) is 23.6 Å². The van der Waals surface area contributed by atoms with Crippen LogP contribution in [0.15, 0.2) is 127 Å². The number of carbonyl (C=O) groups is 4. The zero-order valence-corrected chi connectivity index (χ0v) is 29.5. The number of pyridine rings is 1. The number of rotatable bonds is 9. The number of benzene rings is 4. The number of aromatic nitrogens is 2. The van der Waals surface area contributed by atoms with E-state index in [0.29, 0.717) is 44.8 Å². The van der Waals surface area contributed by atoms with Crippen molar-refractivity contribution in [1.29, 1.82) is 0 Å². The van der Waals surface area contributed by atoms with Crippen LogP contribution in [-0.4, -0.2) is 43.4 Å². The molecule has 4 heterocycles. The number of hydrogen-bond donors (Lipinski definition) is 2. The first-order valence-corrected chi connectivity index (χ1v) is 18.0. The molecule has 0 aliphatic carbocycles. The van der Waals surface area contributed by atoms with Gasteiger partial charge in [-0.1, -0.05) is 72.8 Å². The van der Waals surface area contributed by atoms with Gasteiger partial charge in [0.1, 0.15) is 12.1 Å². The van der Waals surface area contributed by atoms with Crippen molar-refractivity contribution < 1.29 is 32.3 Å². The highest BCUT2D eigenvalue weighted by Crippen LogP contribution is 2.38. The van der Waals surface area contributed by atoms with Crippen molar-refractivity contribution in [1.82, 2.24) is 19.8 Å². The van der Waals surface area contributed by atoms with Crippen molar-refractivity contribution in [2.24, 2.45) is 0 Å². The fraction of sp³-hybridized carbons (Fsp3) is 0.122. The number of anilines is 2. The van der Waals surface area contributed by atoms with Gasteiger partial charge in [0.15, 0.2) is 10.8 Å². The number of nitrogens with zero attached hydrogens (tertiary/aromatic N) is 4. The van der Waals surface area contributed by atoms with Crippen LogP contribution in [0.5, 0.6) is 0 Å². The maximum atomic E-state index is 14.0. The third-order valence-electron chi connectivity index (χ3n) is 9.51. The molecule has 2 atom stereocenters. The molecule has 2 aliphatic rings. The number of halogens is 3. The molecule has 0 radical (unpaired) electrons. The first-order chi connectivity index (χ1) is 26.5. The van der Waals surface area contributed by atoms with Crippen LogP contribution in [0.3, 0.4) is 0 Å². The Morgan fingerprint density at radius 3 is 2.05 bits per heavy atom. The highest BCUT2D eigenvalue weighted by Gasteiger charge is 2.40. The van der Waals surface area contributed by atoms with E-state index < -0.39 is 41.7 Å². The predicted molar refractivity (Wildman–Crippen MR) is 199 cm³/mol. The molecule has 4 aromatic carbocycles. The minimum absolute atomic E-state index is 0.0387. The molecule has 14 heteroatoms. The third kappa shape index (κ3) is 6.95. The average molecular weight is 759 g/mol. The zero-order chi connectivity index (χ0) is 38.3. The van der Waals surface area contributed by atoms with Crippen molar-refractivity contribution in [3.05, 3.63) is 166 Å². The Labute approximate surface area is 316 Å². The van der Waals surface area contributed by atoms with Gasteiger partial charge in [-0.05, 0) is 69.8 Å². The SMILES string of the molecule is O=C(Nc1cccnc1)[C@@H](c1cccc(-c2ccc3c(c2)CN([C@@H](C(=O)Nc2nc(C(F)(F)F)cs2)c2ccccc2)C3=O)c1)N1Cc2ccccc2C1=O. The first kappa shape index (κ1) is 35.4. The molecule has 4 amide bonds. The van der Waals surface area contributed by atoms with Crippen LogP contribution < -0.4 is 10.6 Å². The summed E-state index contributed by atoms with van der Waals surface area (Å²) in [5.41, 5.74) is 4.18. The summed E-state index contributed by atoms with van der Waals surface area (Å²) in [6, 6.07) is 29.6. The van der Waals surface area contributed by atoms with Crippen LogP contribution in [-0.2, 0) is 28.9 Å². The van der Waals surface area contributed by atoms with Gasteiger partial charge < -0.3 is 15.1 Å². The molecule has 274 valence electrons. The molecular weight excluding hydrogens is 730 g/mol. The number of carbonyl (C=O) groups excluding carboxylic acids is 4. The minimum Gasteiger partial charge on any atom is -0.323 e. The third-order valence-corrected chi connectivity index (χ3v) is 10.3. The maximum Gasteiger partial charge on any atom is 0.434 e. The molecule has 2 aromatic heterocycles. The summed E-state index contributed by atoms with van der Waals surface area (Å²) in [4.78, 5) is 65.8. The van der Waals surface area contributed by atoms with E-state index in [1.54, 1.807) is 90.0 Å². The number of fused-ring (bicyclic) bond motifs is 2. The standard InChI is InChI=1S/C41H29F3N6O4S/c42-41(43,44)33-23-55-40(47-33)48-37(52)34(24-8-2-1-3-9-24)50-22-29-19-26(15-16-32(29)39(50)54)25-11-6-12-27(18-25)35(36(51)46-30-13-7-17-45-20-30)49-21-28-10-4-5-14-31(28)38(49)53/h1-20,23,34-35H,21-22H2,(H,46,51)(H,47,48,52)/t34-,35-/m1/s1. The van der Waals surface area contributed by atoms with E-state index in [9.17, 15) is 32.3 Å². The highest BCUT2D eigenvalue weighted by molar-refractivity contribution is 7.14. The zero-order valence-electron chi connectivity index (χ0n) is 28.7. The van der Waals surface area contributed by atoms with Gasteiger partial charge in [-0.15, -0.1) is 11.3 Å². The molecular formula is C41H29F3N6O4S. The molecule has 0 saturated carbocycles. The van der Waals surface area contributed by atoms with Gasteiger partial charge in [-0.25, -0.2) is 4.98 Å². The quantitative estimate of drug-likeness (QED) is 0.155. The van der Waals surface area contributed by atoms with Crippen molar-refractivity contribution in [3.63, 3.8) is 0 Å². The van der Waals surface area contributed by atoms with E-state index in [1.807, 2.05) is 30.3 Å². The van der Waals surface area contributed by atoms with E-state index in [-0.39, 0.29) is 24.1 Å². The Morgan fingerprint density at radius 2 is 1.35 bits per heavy atom. The van der Waals surface area contributed by atoms with E-state index in [1.165, 1.54) is 11.1 Å². The number of amides is 4. The lowest BCUT2D eigenvalue weighted by atomic mass is 9.96. The molecule has 55 heavy (non-hydrogen) atoms. The smallest absolute Gasteiger partial charge is 0.323 e. The highest BCUT2D eigenvalue weighted by atomic mass is 32.1. The van der Waals surface area contributed by atoms with E-state index in [0.717, 1.165) is 22.1 Å². The molecule has 0 spiro atoms. The summed E-state index contributed by atoms with van der Waals surface area (Å²) in [5.74, 6) is -1.82. The molecule has 6 aromatic rings. The molecule has 10 nitrogen and oxygen atoms in total. The van der Waals surface area contributed by atoms with E-state index in [4.69, 9.17) is 0 Å². The summed E-state index contributed by atoms with van der Waals surface area (Å²) < 4.78 is 39.7. The van der Waals surface area contributed by atoms with Crippen LogP contribution in [0.2, 0.25) is 0 Å². The second-order valence-electron chi connectivity index (χ2n) is 13.0. The molecule has 0 bridgehead atoms. The van der Waals surface area contributed by atoms with Crippen molar-refractivity contribution in [2.45, 2.75) is 31.3 Å². The topological polar surface area (TPSA) is 125 Å². The second kappa shape index (κ2) is 14.3. The molecule has 2 aliphatic heterocycles. The summed E-state index contributed by atoms with van der Waals surface area (Å²) >= 11 is 0.642. The van der Waals surface area contributed by atoms with Crippen LogP contribution in [0.4, 0.5) is 24.0 Å². The Balaban J connectivity index is 1.09. The number of hydrogen-bond acceptors (Lipinski definition) is 7. The summed E-state index contributed by atoms with van der Waals surface area (Å²) in [5, 5.41) is 5.96. The lowest BCUT2D eigenvalue weighted by molar-refractivity contribution is -0.140. The van der Waals surface area contributed by atoms with Gasteiger partial charge in [0, 0.05) is 35.8 Å². The lowest BCUT2D eigenvalue weighted by Gasteiger charge is -2.27. The molecule has 0 saturated heterocycles. The summed E-state index contributed by atoms with van der Waals surface area (Å²) in [6.45, 7) is 0.278. The van der Waals surface area contributed by atoms with Gasteiger partial charge in [-0.3, -0.25) is 29.5 Å². The fourth-order valence-electron chi connectivity index (χ4n) is 6.97. The van der Waals surface area contributed by atoms with Gasteiger partial charge in [-0.2, -0.15) is 13.2 Å². The predicted octanol–water partition coefficient (Wildman–Crippen LogP) is 7.90. The maximum absolute atomic E-state index is 14.0.